The van der Waals surface area contributed by atoms with Crippen LogP contribution in [0.1, 0.15) is 44.7 Å². The van der Waals surface area contributed by atoms with Crippen LogP contribution in [0.15, 0.2) is 58.9 Å². The second-order valence-electron chi connectivity index (χ2n) is 9.98. The molecule has 0 saturated carbocycles. The average Bonchev–Trinajstić information content (AvgIpc) is 3.22. The molecule has 0 unspecified atom stereocenters. The van der Waals surface area contributed by atoms with E-state index in [1.807, 2.05) is 48.5 Å². The normalized spacial score (nSPS) is 15.4. The van der Waals surface area contributed by atoms with Crippen LogP contribution in [-0.4, -0.2) is 17.8 Å². The number of nitrogens with zero attached hydrogens (tertiary/aromatic N) is 3. The van der Waals surface area contributed by atoms with Crippen molar-refractivity contribution in [3.05, 3.63) is 84.8 Å². The first-order valence-corrected chi connectivity index (χ1v) is 13.3. The monoisotopic (exact) mass is 526 g/mol. The summed E-state index contributed by atoms with van der Waals surface area (Å²) in [7, 11) is 0. The van der Waals surface area contributed by atoms with Crippen molar-refractivity contribution in [3.8, 4) is 23.6 Å². The summed E-state index contributed by atoms with van der Waals surface area (Å²) in [6, 6.07) is 19.2. The van der Waals surface area contributed by atoms with Crippen molar-refractivity contribution in [2.75, 3.05) is 13.2 Å². The molecule has 38 heavy (non-hydrogen) atoms. The lowest BCUT2D eigenvalue weighted by Crippen LogP contribution is -2.38. The van der Waals surface area contributed by atoms with Crippen molar-refractivity contribution in [1.82, 2.24) is 4.57 Å². The molecule has 1 aliphatic heterocycles. The van der Waals surface area contributed by atoms with Gasteiger partial charge in [-0.3, -0.25) is 9.36 Å². The van der Waals surface area contributed by atoms with Crippen LogP contribution in [0, 0.1) is 34.5 Å². The van der Waals surface area contributed by atoms with Crippen molar-refractivity contribution in [1.29, 1.82) is 10.5 Å². The van der Waals surface area contributed by atoms with Gasteiger partial charge in [0.25, 0.3) is 5.56 Å². The van der Waals surface area contributed by atoms with Crippen LogP contribution in [0.5, 0.6) is 11.5 Å². The Labute approximate surface area is 226 Å². The number of allylic oxidation sites excluding steroid dienone is 1. The Morgan fingerprint density at radius 2 is 1.58 bits per heavy atom. The topological polar surface area (TPSA) is 114 Å². The summed E-state index contributed by atoms with van der Waals surface area (Å²) in [6.45, 7) is 9.40. The molecule has 1 aromatic heterocycles. The van der Waals surface area contributed by atoms with Gasteiger partial charge in [-0.15, -0.1) is 11.3 Å². The van der Waals surface area contributed by atoms with Crippen LogP contribution in [0.4, 0.5) is 0 Å². The third-order valence-corrected chi connectivity index (χ3v) is 7.01. The predicted octanol–water partition coefficient (Wildman–Crippen LogP) is 3.93. The van der Waals surface area contributed by atoms with Gasteiger partial charge < -0.3 is 15.2 Å². The molecule has 0 bridgehead atoms. The molecule has 2 heterocycles. The predicted molar refractivity (Wildman–Crippen MR) is 150 cm³/mol. The molecule has 2 N–H and O–H groups in total. The Morgan fingerprint density at radius 1 is 0.974 bits per heavy atom. The van der Waals surface area contributed by atoms with Crippen molar-refractivity contribution in [2.24, 2.45) is 17.6 Å². The molecule has 0 saturated heterocycles. The van der Waals surface area contributed by atoms with Crippen LogP contribution in [0.2, 0.25) is 0 Å². The van der Waals surface area contributed by atoms with Gasteiger partial charge in [-0.25, -0.2) is 0 Å². The lowest BCUT2D eigenvalue weighted by atomic mass is 9.84. The minimum Gasteiger partial charge on any atom is -0.493 e. The van der Waals surface area contributed by atoms with Gasteiger partial charge in [-0.2, -0.15) is 10.5 Å². The van der Waals surface area contributed by atoms with Gasteiger partial charge in [0, 0.05) is 0 Å². The van der Waals surface area contributed by atoms with Gasteiger partial charge in [0.15, 0.2) is 0 Å². The van der Waals surface area contributed by atoms with E-state index < -0.39 is 5.92 Å². The molecule has 4 rings (SSSR count). The van der Waals surface area contributed by atoms with Crippen LogP contribution in [0.25, 0.3) is 17.5 Å². The average molecular weight is 527 g/mol. The highest BCUT2D eigenvalue weighted by Crippen LogP contribution is 2.36. The van der Waals surface area contributed by atoms with E-state index in [-0.39, 0.29) is 17.0 Å². The molecular weight excluding hydrogens is 496 g/mol. The lowest BCUT2D eigenvalue weighted by Gasteiger charge is -2.22. The fourth-order valence-corrected chi connectivity index (χ4v) is 5.27. The van der Waals surface area contributed by atoms with Gasteiger partial charge in [0.1, 0.15) is 22.0 Å². The Hall–Kier alpha value is -4.27. The summed E-state index contributed by atoms with van der Waals surface area (Å²) in [5.74, 6) is 1.42. The van der Waals surface area contributed by atoms with Crippen molar-refractivity contribution < 1.29 is 9.47 Å². The van der Waals surface area contributed by atoms with E-state index in [1.54, 1.807) is 6.08 Å². The van der Waals surface area contributed by atoms with Gasteiger partial charge in [-0.05, 0) is 53.3 Å². The molecule has 2 aromatic carbocycles. The van der Waals surface area contributed by atoms with Crippen molar-refractivity contribution in [2.45, 2.75) is 33.6 Å². The van der Waals surface area contributed by atoms with E-state index in [4.69, 9.17) is 15.2 Å². The number of hydrogen-bond acceptors (Lipinski definition) is 7. The molecule has 3 aromatic rings. The first kappa shape index (κ1) is 26.8. The summed E-state index contributed by atoms with van der Waals surface area (Å²) >= 11 is 1.19. The standard InChI is InChI=1S/C30H30N4O3S/c1-18(2)16-36-22-9-5-7-20(11-22)12-26-29(35)34-28(33)24(14-31)27(25(15-32)30(34)38-26)21-8-6-10-23(13-21)37-17-19(3)4/h5-13,18-19,27H,16-17,33H2,1-4H3/b26-12-/t27-/m1/s1. The smallest absolute Gasteiger partial charge is 0.274 e. The summed E-state index contributed by atoms with van der Waals surface area (Å²) in [5, 5.41) is 20.3. The maximum absolute atomic E-state index is 13.4. The highest BCUT2D eigenvalue weighted by molar-refractivity contribution is 7.07. The highest BCUT2D eigenvalue weighted by Gasteiger charge is 2.32. The lowest BCUT2D eigenvalue weighted by molar-refractivity contribution is 0.271. The molecule has 0 radical (unpaired) electrons. The van der Waals surface area contributed by atoms with E-state index in [0.717, 1.165) is 5.56 Å². The number of nitrogens with two attached hydrogens (primary N) is 1. The van der Waals surface area contributed by atoms with Gasteiger partial charge >= 0.3 is 0 Å². The fourth-order valence-electron chi connectivity index (χ4n) is 4.14. The second-order valence-corrected chi connectivity index (χ2v) is 11.0. The number of rotatable bonds is 8. The van der Waals surface area contributed by atoms with Crippen LogP contribution in [0.3, 0.4) is 0 Å². The quantitative estimate of drug-likeness (QED) is 0.476. The molecular formula is C30H30N4O3S. The summed E-state index contributed by atoms with van der Waals surface area (Å²) in [6.07, 6.45) is 1.75. The first-order valence-electron chi connectivity index (χ1n) is 12.5. The van der Waals surface area contributed by atoms with Crippen LogP contribution < -0.4 is 30.0 Å². The molecule has 0 spiro atoms. The molecule has 0 aliphatic carbocycles. The van der Waals surface area contributed by atoms with Crippen LogP contribution in [-0.2, 0) is 0 Å². The molecule has 1 aliphatic rings. The molecule has 7 nitrogen and oxygen atoms in total. The third kappa shape index (κ3) is 5.51. The minimum absolute atomic E-state index is 0.0370. The number of fused-ring (bicyclic) bond motifs is 1. The van der Waals surface area contributed by atoms with Crippen molar-refractivity contribution >= 4 is 28.8 Å². The second kappa shape index (κ2) is 11.4. The van der Waals surface area contributed by atoms with E-state index in [0.29, 0.717) is 56.9 Å². The summed E-state index contributed by atoms with van der Waals surface area (Å²) in [5.41, 5.74) is 8.00. The first-order chi connectivity index (χ1) is 18.2. The molecule has 8 heteroatoms. The Kier molecular flexibility index (Phi) is 8.05. The molecule has 194 valence electrons. The molecule has 0 fully saturated rings. The number of hydrogen-bond donors (Lipinski definition) is 1. The zero-order valence-corrected chi connectivity index (χ0v) is 22.7. The summed E-state index contributed by atoms with van der Waals surface area (Å²) in [4.78, 5) is 13.4. The maximum atomic E-state index is 13.4. The number of thiazole rings is 1. The number of nitriles is 2. The SMILES string of the molecule is CC(C)COc1cccc(/C=c2\sc3n(c2=O)C(N)=C(C#N)[C@@H](c2cccc(OCC(C)C)c2)C=3C#N)c1. The maximum Gasteiger partial charge on any atom is 0.274 e. The zero-order chi connectivity index (χ0) is 27.4. The largest absolute Gasteiger partial charge is 0.493 e. The number of benzene rings is 2. The zero-order valence-electron chi connectivity index (χ0n) is 21.9. The van der Waals surface area contributed by atoms with Crippen molar-refractivity contribution in [3.63, 3.8) is 0 Å². The summed E-state index contributed by atoms with van der Waals surface area (Å²) < 4.78 is 13.8. The van der Waals surface area contributed by atoms with Gasteiger partial charge in [-0.1, -0.05) is 52.0 Å². The third-order valence-electron chi connectivity index (χ3n) is 5.90. The Morgan fingerprint density at radius 3 is 2.18 bits per heavy atom. The van der Waals surface area contributed by atoms with E-state index in [1.165, 1.54) is 15.9 Å². The minimum atomic E-state index is -0.703. The van der Waals surface area contributed by atoms with E-state index in [2.05, 4.69) is 39.8 Å². The van der Waals surface area contributed by atoms with E-state index in [9.17, 15) is 15.3 Å². The Balaban J connectivity index is 1.86. The Bertz CT molecular complexity index is 1650. The van der Waals surface area contributed by atoms with Crippen LogP contribution >= 0.6 is 11.3 Å². The molecule has 0 amide bonds. The number of ether oxygens (including phenoxy) is 2. The van der Waals surface area contributed by atoms with E-state index >= 15 is 0 Å². The van der Waals surface area contributed by atoms with Gasteiger partial charge in [0.2, 0.25) is 0 Å². The number of aromatic nitrogens is 1. The highest BCUT2D eigenvalue weighted by atomic mass is 32.1. The fraction of sp³-hybridized carbons (Fsp3) is 0.300. The van der Waals surface area contributed by atoms with Gasteiger partial charge in [0.05, 0.1) is 46.9 Å². The molecule has 1 atom stereocenters.